The molecule has 2 heterocycles. The SMILES string of the molecule is Cc1ccc2c(c1)CCCN2c1nc2c(s1)CCCC2N. The Balaban J connectivity index is 1.75. The summed E-state index contributed by atoms with van der Waals surface area (Å²) in [5.41, 5.74) is 11.5. The van der Waals surface area contributed by atoms with E-state index in [1.165, 1.54) is 41.0 Å². The Kier molecular flexibility index (Phi) is 3.23. The number of anilines is 2. The van der Waals surface area contributed by atoms with Gasteiger partial charge in [-0.05, 0) is 50.7 Å². The van der Waals surface area contributed by atoms with E-state index in [0.29, 0.717) is 0 Å². The van der Waals surface area contributed by atoms with E-state index in [2.05, 4.69) is 30.0 Å². The van der Waals surface area contributed by atoms with Gasteiger partial charge in [0.25, 0.3) is 0 Å². The molecule has 110 valence electrons. The summed E-state index contributed by atoms with van der Waals surface area (Å²) < 4.78 is 0. The van der Waals surface area contributed by atoms with E-state index < -0.39 is 0 Å². The van der Waals surface area contributed by atoms with Gasteiger partial charge in [0.1, 0.15) is 0 Å². The van der Waals surface area contributed by atoms with Gasteiger partial charge in [-0.3, -0.25) is 0 Å². The second-order valence-electron chi connectivity index (χ2n) is 6.19. The molecule has 1 aromatic heterocycles. The number of hydrogen-bond donors (Lipinski definition) is 1. The standard InChI is InChI=1S/C17H21N3S/c1-11-7-8-14-12(10-11)4-3-9-20(14)17-19-16-13(18)5-2-6-15(16)21-17/h7-8,10,13H,2-6,9,18H2,1H3. The minimum Gasteiger partial charge on any atom is -0.323 e. The van der Waals surface area contributed by atoms with Crippen molar-refractivity contribution in [3.63, 3.8) is 0 Å². The third-order valence-electron chi connectivity index (χ3n) is 4.57. The van der Waals surface area contributed by atoms with Crippen LogP contribution in [0, 0.1) is 6.92 Å². The number of benzene rings is 1. The molecule has 0 bridgehead atoms. The molecule has 3 nitrogen and oxygen atoms in total. The van der Waals surface area contributed by atoms with Crippen molar-refractivity contribution < 1.29 is 0 Å². The smallest absolute Gasteiger partial charge is 0.190 e. The van der Waals surface area contributed by atoms with Crippen molar-refractivity contribution in [1.29, 1.82) is 0 Å². The molecule has 1 aromatic carbocycles. The van der Waals surface area contributed by atoms with Crippen molar-refractivity contribution in [2.75, 3.05) is 11.4 Å². The average molecular weight is 299 g/mol. The summed E-state index contributed by atoms with van der Waals surface area (Å²) in [6.07, 6.45) is 5.80. The zero-order valence-electron chi connectivity index (χ0n) is 12.4. The van der Waals surface area contributed by atoms with Gasteiger partial charge < -0.3 is 10.6 Å². The third kappa shape index (κ3) is 2.27. The van der Waals surface area contributed by atoms with E-state index in [4.69, 9.17) is 10.7 Å². The lowest BCUT2D eigenvalue weighted by Crippen LogP contribution is -2.24. The van der Waals surface area contributed by atoms with Gasteiger partial charge in [0.05, 0.1) is 5.69 Å². The second kappa shape index (κ2) is 5.11. The zero-order valence-corrected chi connectivity index (χ0v) is 13.2. The van der Waals surface area contributed by atoms with Gasteiger partial charge in [-0.1, -0.05) is 17.7 Å². The molecule has 0 amide bonds. The predicted octanol–water partition coefficient (Wildman–Crippen LogP) is 3.87. The summed E-state index contributed by atoms with van der Waals surface area (Å²) in [6.45, 7) is 3.23. The minimum atomic E-state index is 0.140. The van der Waals surface area contributed by atoms with Gasteiger partial charge in [0.15, 0.2) is 5.13 Å². The molecule has 4 rings (SSSR count). The monoisotopic (exact) mass is 299 g/mol. The van der Waals surface area contributed by atoms with Gasteiger partial charge in [0, 0.05) is 23.2 Å². The number of aryl methyl sites for hydroxylation is 3. The Morgan fingerprint density at radius 2 is 2.19 bits per heavy atom. The van der Waals surface area contributed by atoms with Crippen LogP contribution in [0.25, 0.3) is 0 Å². The highest BCUT2D eigenvalue weighted by Gasteiger charge is 2.26. The molecule has 0 spiro atoms. The van der Waals surface area contributed by atoms with Crippen LogP contribution in [0.1, 0.15) is 47.0 Å². The maximum absolute atomic E-state index is 6.23. The van der Waals surface area contributed by atoms with Crippen molar-refractivity contribution in [2.24, 2.45) is 5.73 Å². The molecule has 1 unspecified atom stereocenters. The number of hydrogen-bond acceptors (Lipinski definition) is 4. The van der Waals surface area contributed by atoms with Crippen molar-refractivity contribution >= 4 is 22.2 Å². The van der Waals surface area contributed by atoms with E-state index in [9.17, 15) is 0 Å². The third-order valence-corrected chi connectivity index (χ3v) is 5.72. The van der Waals surface area contributed by atoms with Crippen LogP contribution in [-0.4, -0.2) is 11.5 Å². The summed E-state index contributed by atoms with van der Waals surface area (Å²) in [7, 11) is 0. The first-order valence-electron chi connectivity index (χ1n) is 7.84. The van der Waals surface area contributed by atoms with Crippen LogP contribution in [0.3, 0.4) is 0 Å². The average Bonchev–Trinajstić information content (AvgIpc) is 2.91. The molecule has 4 heteroatoms. The maximum atomic E-state index is 6.23. The van der Waals surface area contributed by atoms with Crippen LogP contribution < -0.4 is 10.6 Å². The number of thiazole rings is 1. The molecular formula is C17H21N3S. The van der Waals surface area contributed by atoms with Crippen LogP contribution >= 0.6 is 11.3 Å². The number of fused-ring (bicyclic) bond motifs is 2. The first kappa shape index (κ1) is 13.3. The van der Waals surface area contributed by atoms with Crippen LogP contribution in [0.4, 0.5) is 10.8 Å². The highest BCUT2D eigenvalue weighted by atomic mass is 32.1. The summed E-state index contributed by atoms with van der Waals surface area (Å²) in [5, 5.41) is 1.14. The number of aromatic nitrogens is 1. The van der Waals surface area contributed by atoms with Crippen molar-refractivity contribution in [3.05, 3.63) is 39.9 Å². The van der Waals surface area contributed by atoms with Gasteiger partial charge in [0.2, 0.25) is 0 Å². The van der Waals surface area contributed by atoms with Crippen LogP contribution in [0.15, 0.2) is 18.2 Å². The summed E-state index contributed by atoms with van der Waals surface area (Å²) >= 11 is 1.85. The van der Waals surface area contributed by atoms with Crippen molar-refractivity contribution in [1.82, 2.24) is 4.98 Å². The molecule has 0 fully saturated rings. The zero-order chi connectivity index (χ0) is 14.4. The first-order valence-corrected chi connectivity index (χ1v) is 8.66. The summed E-state index contributed by atoms with van der Waals surface area (Å²) in [4.78, 5) is 8.70. The molecule has 2 aliphatic rings. The van der Waals surface area contributed by atoms with Crippen molar-refractivity contribution in [3.8, 4) is 0 Å². The highest BCUT2D eigenvalue weighted by Crippen LogP contribution is 2.40. The lowest BCUT2D eigenvalue weighted by atomic mass is 9.98. The van der Waals surface area contributed by atoms with E-state index >= 15 is 0 Å². The Hall–Kier alpha value is -1.39. The molecule has 1 atom stereocenters. The highest BCUT2D eigenvalue weighted by molar-refractivity contribution is 7.15. The van der Waals surface area contributed by atoms with Gasteiger partial charge in [-0.2, -0.15) is 0 Å². The Morgan fingerprint density at radius 1 is 1.29 bits per heavy atom. The fraction of sp³-hybridized carbons (Fsp3) is 0.471. The Labute approximate surface area is 129 Å². The topological polar surface area (TPSA) is 42.2 Å². The molecule has 0 saturated carbocycles. The number of nitrogens with two attached hydrogens (primary N) is 1. The van der Waals surface area contributed by atoms with Gasteiger partial charge in [-0.25, -0.2) is 4.98 Å². The predicted molar refractivity (Wildman–Crippen MR) is 88.5 cm³/mol. The van der Waals surface area contributed by atoms with E-state index in [0.717, 1.165) is 30.2 Å². The molecular weight excluding hydrogens is 278 g/mol. The lowest BCUT2D eigenvalue weighted by molar-refractivity contribution is 0.563. The van der Waals surface area contributed by atoms with Crippen LogP contribution in [0.2, 0.25) is 0 Å². The van der Waals surface area contributed by atoms with Gasteiger partial charge >= 0.3 is 0 Å². The first-order chi connectivity index (χ1) is 10.2. The Bertz CT molecular complexity index is 677. The summed E-state index contributed by atoms with van der Waals surface area (Å²) in [5.74, 6) is 0. The molecule has 1 aliphatic carbocycles. The largest absolute Gasteiger partial charge is 0.323 e. The molecule has 2 aromatic rings. The van der Waals surface area contributed by atoms with Crippen LogP contribution in [-0.2, 0) is 12.8 Å². The molecule has 2 N–H and O–H groups in total. The molecule has 1 aliphatic heterocycles. The fourth-order valence-corrected chi connectivity index (χ4v) is 4.69. The van der Waals surface area contributed by atoms with E-state index in [1.54, 1.807) is 0 Å². The van der Waals surface area contributed by atoms with E-state index in [1.807, 2.05) is 11.3 Å². The Morgan fingerprint density at radius 3 is 3.05 bits per heavy atom. The molecule has 21 heavy (non-hydrogen) atoms. The van der Waals surface area contributed by atoms with Gasteiger partial charge in [-0.15, -0.1) is 11.3 Å². The van der Waals surface area contributed by atoms with Crippen LogP contribution in [0.5, 0.6) is 0 Å². The normalized spacial score (nSPS) is 21.0. The maximum Gasteiger partial charge on any atom is 0.190 e. The lowest BCUT2D eigenvalue weighted by Gasteiger charge is -2.29. The number of rotatable bonds is 1. The minimum absolute atomic E-state index is 0.140. The second-order valence-corrected chi connectivity index (χ2v) is 7.25. The molecule has 0 radical (unpaired) electrons. The number of nitrogens with zero attached hydrogens (tertiary/aromatic N) is 2. The molecule has 0 saturated heterocycles. The van der Waals surface area contributed by atoms with Crippen molar-refractivity contribution in [2.45, 2.75) is 45.1 Å². The quantitative estimate of drug-likeness (QED) is 0.869. The van der Waals surface area contributed by atoms with E-state index in [-0.39, 0.29) is 6.04 Å². The fourth-order valence-electron chi connectivity index (χ4n) is 3.48. The summed E-state index contributed by atoms with van der Waals surface area (Å²) in [6, 6.07) is 6.92.